The summed E-state index contributed by atoms with van der Waals surface area (Å²) < 4.78 is 24.2. The Bertz CT molecular complexity index is 921. The van der Waals surface area contributed by atoms with E-state index >= 15 is 0 Å². The van der Waals surface area contributed by atoms with Crippen LogP contribution in [-0.4, -0.2) is 42.0 Å². The van der Waals surface area contributed by atoms with E-state index in [1.54, 1.807) is 0 Å². The molecule has 9 nitrogen and oxygen atoms in total. The number of nitrogens with one attached hydrogen (secondary N) is 1. The molecule has 1 N–H and O–H groups in total. The highest BCUT2D eigenvalue weighted by molar-refractivity contribution is 5.73. The van der Waals surface area contributed by atoms with Gasteiger partial charge in [-0.1, -0.05) is 37.3 Å². The lowest BCUT2D eigenvalue weighted by Crippen LogP contribution is -2.64. The summed E-state index contributed by atoms with van der Waals surface area (Å²) in [5.74, 6) is 0.0417. The number of nitro groups is 1. The average molecular weight is 428 g/mol. The minimum atomic E-state index is -0.804. The predicted molar refractivity (Wildman–Crippen MR) is 109 cm³/mol. The molecule has 0 saturated carbocycles. The second-order valence-corrected chi connectivity index (χ2v) is 7.67. The van der Waals surface area contributed by atoms with Crippen LogP contribution in [0.1, 0.15) is 25.7 Å². The van der Waals surface area contributed by atoms with Crippen molar-refractivity contribution in [3.05, 3.63) is 70.3 Å². The number of ether oxygens (including phenoxy) is 4. The minimum Gasteiger partial charge on any atom is -0.463 e. The molecule has 6 atom stereocenters. The van der Waals surface area contributed by atoms with Crippen LogP contribution < -0.4 is 10.1 Å². The van der Waals surface area contributed by atoms with Crippen molar-refractivity contribution in [2.45, 2.75) is 44.7 Å². The zero-order chi connectivity index (χ0) is 22.0. The number of rotatable bonds is 5. The third-order valence-electron chi connectivity index (χ3n) is 5.49. The van der Waals surface area contributed by atoms with Gasteiger partial charge in [0.15, 0.2) is 6.29 Å². The Hall–Kier alpha value is -3.01. The molecule has 0 spiro atoms. The van der Waals surface area contributed by atoms with Crippen LogP contribution >= 0.6 is 0 Å². The molecule has 164 valence electrons. The van der Waals surface area contributed by atoms with Crippen LogP contribution in [0.3, 0.4) is 0 Å². The van der Waals surface area contributed by atoms with E-state index in [1.165, 1.54) is 31.2 Å². The molecule has 3 unspecified atom stereocenters. The quantitative estimate of drug-likeness (QED) is 0.576. The maximum atomic E-state index is 11.9. The van der Waals surface area contributed by atoms with Crippen molar-refractivity contribution in [2.24, 2.45) is 5.92 Å². The SMILES string of the molecule is CC(=O)NC1[C@H](Oc2ccc([N+](=O)[O-])cc2)OC2COC(c3ccccc3)O[C@H]2[C@@H]1C. The molecule has 2 aliphatic rings. The Morgan fingerprint density at radius 1 is 1.13 bits per heavy atom. The number of amides is 1. The maximum absolute atomic E-state index is 11.9. The molecule has 0 aliphatic carbocycles. The predicted octanol–water partition coefficient (Wildman–Crippen LogP) is 2.95. The smallest absolute Gasteiger partial charge is 0.269 e. The van der Waals surface area contributed by atoms with E-state index < -0.39 is 23.5 Å². The van der Waals surface area contributed by atoms with Gasteiger partial charge in [-0.25, -0.2) is 0 Å². The van der Waals surface area contributed by atoms with E-state index in [2.05, 4.69) is 5.32 Å². The number of hydrogen-bond donors (Lipinski definition) is 1. The summed E-state index contributed by atoms with van der Waals surface area (Å²) in [6, 6.07) is 14.9. The molecule has 9 heteroatoms. The van der Waals surface area contributed by atoms with Crippen molar-refractivity contribution in [2.75, 3.05) is 6.61 Å². The molecule has 2 heterocycles. The van der Waals surface area contributed by atoms with Crippen LogP contribution in [0.4, 0.5) is 5.69 Å². The largest absolute Gasteiger partial charge is 0.463 e. The van der Waals surface area contributed by atoms with Gasteiger partial charge in [0.05, 0.1) is 23.7 Å². The van der Waals surface area contributed by atoms with Crippen LogP contribution in [0.2, 0.25) is 0 Å². The van der Waals surface area contributed by atoms with Gasteiger partial charge in [0.25, 0.3) is 5.69 Å². The topological polar surface area (TPSA) is 109 Å². The molecule has 2 saturated heterocycles. The fourth-order valence-corrected chi connectivity index (χ4v) is 3.94. The summed E-state index contributed by atoms with van der Waals surface area (Å²) in [4.78, 5) is 22.2. The molecule has 2 aromatic rings. The minimum absolute atomic E-state index is 0.0372. The van der Waals surface area contributed by atoms with Gasteiger partial charge in [0.2, 0.25) is 12.2 Å². The molecule has 0 aromatic heterocycles. The first kappa shape index (κ1) is 21.2. The highest BCUT2D eigenvalue weighted by Gasteiger charge is 2.49. The molecule has 0 radical (unpaired) electrons. The third-order valence-corrected chi connectivity index (χ3v) is 5.49. The molecule has 2 aromatic carbocycles. The lowest BCUT2D eigenvalue weighted by Gasteiger charge is -2.48. The van der Waals surface area contributed by atoms with Crippen molar-refractivity contribution < 1.29 is 28.7 Å². The van der Waals surface area contributed by atoms with Gasteiger partial charge < -0.3 is 24.3 Å². The van der Waals surface area contributed by atoms with Gasteiger partial charge in [-0.3, -0.25) is 14.9 Å². The lowest BCUT2D eigenvalue weighted by atomic mass is 9.88. The Labute approximate surface area is 179 Å². The molecule has 2 aliphatic heterocycles. The highest BCUT2D eigenvalue weighted by atomic mass is 16.7. The molecule has 31 heavy (non-hydrogen) atoms. The van der Waals surface area contributed by atoms with Crippen molar-refractivity contribution >= 4 is 11.6 Å². The number of non-ortho nitro benzene ring substituents is 1. The highest BCUT2D eigenvalue weighted by Crippen LogP contribution is 2.37. The normalized spacial score (nSPS) is 30.1. The third kappa shape index (κ3) is 4.68. The van der Waals surface area contributed by atoms with Crippen LogP contribution in [-0.2, 0) is 19.0 Å². The summed E-state index contributed by atoms with van der Waals surface area (Å²) in [6.45, 7) is 3.71. The van der Waals surface area contributed by atoms with E-state index in [0.29, 0.717) is 12.4 Å². The summed E-state index contributed by atoms with van der Waals surface area (Å²) >= 11 is 0. The Balaban J connectivity index is 1.52. The van der Waals surface area contributed by atoms with Gasteiger partial charge in [-0.15, -0.1) is 0 Å². The average Bonchev–Trinajstić information content (AvgIpc) is 2.77. The first-order valence-corrected chi connectivity index (χ1v) is 10.1. The fourth-order valence-electron chi connectivity index (χ4n) is 3.94. The van der Waals surface area contributed by atoms with Gasteiger partial charge >= 0.3 is 0 Å². The summed E-state index contributed by atoms with van der Waals surface area (Å²) in [5.41, 5.74) is 0.873. The number of nitro benzene ring substituents is 1. The van der Waals surface area contributed by atoms with E-state index in [0.717, 1.165) is 5.56 Å². The Kier molecular flexibility index (Phi) is 6.17. The number of benzene rings is 2. The second-order valence-electron chi connectivity index (χ2n) is 7.67. The standard InChI is InChI=1S/C22H24N2O7/c1-13-19(23-14(2)25)22(29-17-10-8-16(9-11-17)24(26)27)30-18-12-28-21(31-20(13)18)15-6-4-3-5-7-15/h3-11,13,18-22H,12H2,1-2H3,(H,23,25)/t13-,18?,19?,20+,21?,22-/m1/s1. The molecular weight excluding hydrogens is 404 g/mol. The number of carbonyl (C=O) groups is 1. The van der Waals surface area contributed by atoms with Gasteiger partial charge in [0.1, 0.15) is 11.9 Å². The number of hydrogen-bond acceptors (Lipinski definition) is 7. The number of carbonyl (C=O) groups excluding carboxylic acids is 1. The van der Waals surface area contributed by atoms with E-state index in [4.69, 9.17) is 18.9 Å². The first-order chi connectivity index (χ1) is 14.9. The van der Waals surface area contributed by atoms with Crippen LogP contribution in [0.25, 0.3) is 0 Å². The molecule has 4 rings (SSSR count). The molecular formula is C22H24N2O7. The lowest BCUT2D eigenvalue weighted by molar-refractivity contribution is -0.384. The van der Waals surface area contributed by atoms with E-state index in [1.807, 2.05) is 37.3 Å². The van der Waals surface area contributed by atoms with Crippen molar-refractivity contribution in [1.29, 1.82) is 0 Å². The van der Waals surface area contributed by atoms with Crippen molar-refractivity contribution in [3.8, 4) is 5.75 Å². The van der Waals surface area contributed by atoms with Crippen LogP contribution in [0.5, 0.6) is 5.75 Å². The van der Waals surface area contributed by atoms with Gasteiger partial charge in [-0.2, -0.15) is 0 Å². The summed E-state index contributed by atoms with van der Waals surface area (Å²) in [7, 11) is 0. The fraction of sp³-hybridized carbons (Fsp3) is 0.409. The number of nitrogens with zero attached hydrogens (tertiary/aromatic N) is 1. The zero-order valence-corrected chi connectivity index (χ0v) is 17.2. The Morgan fingerprint density at radius 2 is 1.84 bits per heavy atom. The van der Waals surface area contributed by atoms with Crippen LogP contribution in [0.15, 0.2) is 54.6 Å². The van der Waals surface area contributed by atoms with Crippen LogP contribution in [0, 0.1) is 16.0 Å². The summed E-state index contributed by atoms with van der Waals surface area (Å²) in [5, 5.41) is 13.8. The van der Waals surface area contributed by atoms with Crippen molar-refractivity contribution in [3.63, 3.8) is 0 Å². The molecule has 2 fully saturated rings. The second kappa shape index (κ2) is 9.01. The maximum Gasteiger partial charge on any atom is 0.269 e. The summed E-state index contributed by atoms with van der Waals surface area (Å²) in [6.07, 6.45) is -2.02. The van der Waals surface area contributed by atoms with E-state index in [-0.39, 0.29) is 29.7 Å². The van der Waals surface area contributed by atoms with Gasteiger partial charge in [-0.05, 0) is 12.1 Å². The zero-order valence-electron chi connectivity index (χ0n) is 17.2. The molecule has 1 amide bonds. The number of fused-ring (bicyclic) bond motifs is 1. The van der Waals surface area contributed by atoms with E-state index in [9.17, 15) is 14.9 Å². The Morgan fingerprint density at radius 3 is 2.48 bits per heavy atom. The van der Waals surface area contributed by atoms with Gasteiger partial charge in [0, 0.05) is 30.5 Å². The molecule has 0 bridgehead atoms. The van der Waals surface area contributed by atoms with Crippen molar-refractivity contribution in [1.82, 2.24) is 5.32 Å². The first-order valence-electron chi connectivity index (χ1n) is 10.1. The monoisotopic (exact) mass is 428 g/mol.